The third-order valence-corrected chi connectivity index (χ3v) is 4.46. The molecule has 4 heteroatoms. The molecule has 2 rings (SSSR count). The van der Waals surface area contributed by atoms with Crippen molar-refractivity contribution in [2.75, 3.05) is 0 Å². The van der Waals surface area contributed by atoms with E-state index in [1.807, 2.05) is 18.3 Å². The van der Waals surface area contributed by atoms with Crippen LogP contribution >= 0.6 is 22.7 Å². The van der Waals surface area contributed by atoms with Crippen LogP contribution in [0.3, 0.4) is 0 Å². The molecule has 2 aromatic rings. The standard InChI is InChI=1S/C13H18N2S2/c1-9(2)13(12-5-4-6-16-12)14-7-11-8-17-10(3)15-11/h4-6,8-9,13-14H,7H2,1-3H3. The summed E-state index contributed by atoms with van der Waals surface area (Å²) in [5, 5.41) is 9.02. The molecule has 0 bridgehead atoms. The Kier molecular flexibility index (Phi) is 4.31. The lowest BCUT2D eigenvalue weighted by Gasteiger charge is -2.20. The summed E-state index contributed by atoms with van der Waals surface area (Å²) < 4.78 is 0. The maximum atomic E-state index is 4.48. The number of thiophene rings is 1. The second-order valence-corrected chi connectivity index (χ2v) is 6.52. The van der Waals surface area contributed by atoms with Crippen LogP contribution in [-0.4, -0.2) is 4.98 Å². The van der Waals surface area contributed by atoms with Gasteiger partial charge < -0.3 is 5.32 Å². The van der Waals surface area contributed by atoms with Crippen molar-refractivity contribution in [1.82, 2.24) is 10.3 Å². The molecular formula is C13H18N2S2. The topological polar surface area (TPSA) is 24.9 Å². The molecule has 2 heterocycles. The lowest BCUT2D eigenvalue weighted by atomic mass is 10.0. The van der Waals surface area contributed by atoms with Crippen LogP contribution in [0.2, 0.25) is 0 Å². The molecule has 92 valence electrons. The van der Waals surface area contributed by atoms with Crippen LogP contribution in [0.25, 0.3) is 0 Å². The van der Waals surface area contributed by atoms with Gasteiger partial charge in [-0.15, -0.1) is 22.7 Å². The van der Waals surface area contributed by atoms with Gasteiger partial charge in [0.05, 0.1) is 10.7 Å². The number of hydrogen-bond acceptors (Lipinski definition) is 4. The molecule has 0 spiro atoms. The highest BCUT2D eigenvalue weighted by Crippen LogP contribution is 2.26. The Labute approximate surface area is 111 Å². The van der Waals surface area contributed by atoms with Crippen molar-refractivity contribution in [3.63, 3.8) is 0 Å². The van der Waals surface area contributed by atoms with Gasteiger partial charge in [0.25, 0.3) is 0 Å². The first-order valence-corrected chi connectivity index (χ1v) is 7.60. The monoisotopic (exact) mass is 266 g/mol. The molecule has 17 heavy (non-hydrogen) atoms. The van der Waals surface area contributed by atoms with E-state index in [0.29, 0.717) is 12.0 Å². The van der Waals surface area contributed by atoms with Gasteiger partial charge in [-0.3, -0.25) is 0 Å². The quantitative estimate of drug-likeness (QED) is 0.885. The SMILES string of the molecule is Cc1nc(CNC(c2cccs2)C(C)C)cs1. The highest BCUT2D eigenvalue weighted by atomic mass is 32.1. The number of aromatic nitrogens is 1. The third-order valence-electron chi connectivity index (χ3n) is 2.69. The van der Waals surface area contributed by atoms with Gasteiger partial charge in [0.1, 0.15) is 0 Å². The normalized spacial score (nSPS) is 13.2. The van der Waals surface area contributed by atoms with Crippen LogP contribution in [0.1, 0.15) is 35.5 Å². The number of thiazole rings is 1. The van der Waals surface area contributed by atoms with E-state index in [9.17, 15) is 0 Å². The number of rotatable bonds is 5. The van der Waals surface area contributed by atoms with Crippen molar-refractivity contribution in [2.24, 2.45) is 5.92 Å². The Morgan fingerprint density at radius 3 is 2.71 bits per heavy atom. The van der Waals surface area contributed by atoms with Crippen molar-refractivity contribution < 1.29 is 0 Å². The number of aryl methyl sites for hydroxylation is 1. The molecule has 0 aliphatic carbocycles. The van der Waals surface area contributed by atoms with Gasteiger partial charge >= 0.3 is 0 Å². The predicted molar refractivity (Wildman–Crippen MR) is 75.6 cm³/mol. The zero-order chi connectivity index (χ0) is 12.3. The lowest BCUT2D eigenvalue weighted by molar-refractivity contribution is 0.414. The summed E-state index contributed by atoms with van der Waals surface area (Å²) in [5.41, 5.74) is 1.15. The van der Waals surface area contributed by atoms with Crippen molar-refractivity contribution >= 4 is 22.7 Å². The molecule has 0 aromatic carbocycles. The zero-order valence-electron chi connectivity index (χ0n) is 10.4. The molecule has 0 aliphatic rings. The fourth-order valence-corrected chi connectivity index (χ4v) is 3.42. The molecule has 1 unspecified atom stereocenters. The molecule has 1 atom stereocenters. The van der Waals surface area contributed by atoms with E-state index >= 15 is 0 Å². The van der Waals surface area contributed by atoms with E-state index in [2.05, 4.69) is 47.0 Å². The van der Waals surface area contributed by atoms with Crippen LogP contribution < -0.4 is 5.32 Å². The Hall–Kier alpha value is -0.710. The van der Waals surface area contributed by atoms with Crippen molar-refractivity contribution in [3.05, 3.63) is 38.5 Å². The maximum absolute atomic E-state index is 4.48. The smallest absolute Gasteiger partial charge is 0.0897 e. The van der Waals surface area contributed by atoms with Crippen LogP contribution in [0, 0.1) is 12.8 Å². The van der Waals surface area contributed by atoms with Gasteiger partial charge in [0.15, 0.2) is 0 Å². The molecule has 2 aromatic heterocycles. The fourth-order valence-electron chi connectivity index (χ4n) is 1.84. The van der Waals surface area contributed by atoms with Crippen molar-refractivity contribution in [1.29, 1.82) is 0 Å². The summed E-state index contributed by atoms with van der Waals surface area (Å²) in [5.74, 6) is 0.591. The van der Waals surface area contributed by atoms with E-state index in [-0.39, 0.29) is 0 Å². The second-order valence-electron chi connectivity index (χ2n) is 4.48. The summed E-state index contributed by atoms with van der Waals surface area (Å²) >= 11 is 3.53. The summed E-state index contributed by atoms with van der Waals surface area (Å²) in [7, 11) is 0. The Balaban J connectivity index is 1.99. The minimum atomic E-state index is 0.428. The summed E-state index contributed by atoms with van der Waals surface area (Å²) in [6, 6.07) is 4.75. The number of nitrogens with zero attached hydrogens (tertiary/aromatic N) is 1. The van der Waals surface area contributed by atoms with E-state index in [1.54, 1.807) is 11.3 Å². The van der Waals surface area contributed by atoms with Gasteiger partial charge in [-0.1, -0.05) is 19.9 Å². The van der Waals surface area contributed by atoms with Gasteiger partial charge in [0, 0.05) is 22.8 Å². The van der Waals surface area contributed by atoms with Crippen molar-refractivity contribution in [3.8, 4) is 0 Å². The molecule has 0 radical (unpaired) electrons. The summed E-state index contributed by atoms with van der Waals surface area (Å²) in [6.07, 6.45) is 0. The van der Waals surface area contributed by atoms with Gasteiger partial charge in [-0.05, 0) is 24.3 Å². The van der Waals surface area contributed by atoms with Crippen LogP contribution in [0.15, 0.2) is 22.9 Å². The van der Waals surface area contributed by atoms with Gasteiger partial charge in [-0.2, -0.15) is 0 Å². The molecule has 0 amide bonds. The molecule has 0 fully saturated rings. The Morgan fingerprint density at radius 1 is 1.35 bits per heavy atom. The first-order chi connectivity index (χ1) is 8.16. The highest BCUT2D eigenvalue weighted by Gasteiger charge is 2.16. The van der Waals surface area contributed by atoms with E-state index in [0.717, 1.165) is 17.2 Å². The number of nitrogens with one attached hydrogen (secondary N) is 1. The van der Waals surface area contributed by atoms with Crippen LogP contribution in [0.5, 0.6) is 0 Å². The van der Waals surface area contributed by atoms with Gasteiger partial charge in [-0.25, -0.2) is 4.98 Å². The largest absolute Gasteiger partial charge is 0.303 e. The van der Waals surface area contributed by atoms with E-state index in [1.165, 1.54) is 4.88 Å². The average Bonchev–Trinajstić information content (AvgIpc) is 2.90. The maximum Gasteiger partial charge on any atom is 0.0897 e. The van der Waals surface area contributed by atoms with E-state index < -0.39 is 0 Å². The predicted octanol–water partition coefficient (Wildman–Crippen LogP) is 4.00. The second kappa shape index (κ2) is 5.76. The average molecular weight is 266 g/mol. The van der Waals surface area contributed by atoms with Crippen LogP contribution in [-0.2, 0) is 6.54 Å². The first kappa shape index (κ1) is 12.7. The van der Waals surface area contributed by atoms with E-state index in [4.69, 9.17) is 0 Å². The third kappa shape index (κ3) is 3.37. The molecule has 0 saturated heterocycles. The highest BCUT2D eigenvalue weighted by molar-refractivity contribution is 7.10. The van der Waals surface area contributed by atoms with Crippen LogP contribution in [0.4, 0.5) is 0 Å². The molecule has 0 saturated carbocycles. The fraction of sp³-hybridized carbons (Fsp3) is 0.462. The number of hydrogen-bond donors (Lipinski definition) is 1. The zero-order valence-corrected chi connectivity index (χ0v) is 12.1. The van der Waals surface area contributed by atoms with Crippen molar-refractivity contribution in [2.45, 2.75) is 33.4 Å². The Morgan fingerprint density at radius 2 is 2.18 bits per heavy atom. The first-order valence-electron chi connectivity index (χ1n) is 5.84. The van der Waals surface area contributed by atoms with Gasteiger partial charge in [0.2, 0.25) is 0 Å². The minimum Gasteiger partial charge on any atom is -0.303 e. The minimum absolute atomic E-state index is 0.428. The lowest BCUT2D eigenvalue weighted by Crippen LogP contribution is -2.24. The summed E-state index contributed by atoms with van der Waals surface area (Å²) in [6.45, 7) is 7.41. The molecular weight excluding hydrogens is 248 g/mol. The molecule has 1 N–H and O–H groups in total. The molecule has 2 nitrogen and oxygen atoms in total. The Bertz CT molecular complexity index is 446. The molecule has 0 aliphatic heterocycles. The summed E-state index contributed by atoms with van der Waals surface area (Å²) in [4.78, 5) is 5.89.